The van der Waals surface area contributed by atoms with Crippen LogP contribution in [0.25, 0.3) is 0 Å². The highest BCUT2D eigenvalue weighted by atomic mass is 127. The molecule has 1 aromatic carbocycles. The zero-order valence-electron chi connectivity index (χ0n) is 10.2. The van der Waals surface area contributed by atoms with Crippen LogP contribution in [0, 0.1) is 3.57 Å². The third-order valence-corrected chi connectivity index (χ3v) is 4.60. The second-order valence-electron chi connectivity index (χ2n) is 4.36. The quantitative estimate of drug-likeness (QED) is 0.495. The SMILES string of the molecule is O=C(c1ccc(I)c(Cl)c1)N1CC=C(C(F)(F)F)CC1. The Hall–Kier alpha value is -0.760. The Morgan fingerprint density at radius 2 is 2.05 bits per heavy atom. The fraction of sp³-hybridized carbons (Fsp3) is 0.308. The van der Waals surface area contributed by atoms with E-state index in [1.54, 1.807) is 12.1 Å². The van der Waals surface area contributed by atoms with Crippen LogP contribution in [0.3, 0.4) is 0 Å². The second-order valence-corrected chi connectivity index (χ2v) is 5.93. The summed E-state index contributed by atoms with van der Waals surface area (Å²) in [5.41, 5.74) is -0.179. The molecule has 0 unspecified atom stereocenters. The zero-order valence-corrected chi connectivity index (χ0v) is 13.1. The van der Waals surface area contributed by atoms with E-state index in [4.69, 9.17) is 11.6 Å². The molecule has 0 aromatic heterocycles. The zero-order chi connectivity index (χ0) is 14.9. The van der Waals surface area contributed by atoms with Crippen LogP contribution in [0.2, 0.25) is 5.02 Å². The summed E-state index contributed by atoms with van der Waals surface area (Å²) in [6.45, 7) is 0.0328. The number of hydrogen-bond acceptors (Lipinski definition) is 1. The van der Waals surface area contributed by atoms with Crippen molar-refractivity contribution in [1.29, 1.82) is 0 Å². The Kier molecular flexibility index (Phi) is 4.63. The third-order valence-electron chi connectivity index (χ3n) is 3.03. The molecule has 0 N–H and O–H groups in total. The van der Waals surface area contributed by atoms with Crippen LogP contribution < -0.4 is 0 Å². The molecule has 0 bridgehead atoms. The Morgan fingerprint density at radius 3 is 2.55 bits per heavy atom. The van der Waals surface area contributed by atoms with Crippen LogP contribution >= 0.6 is 34.2 Å². The molecule has 1 amide bonds. The lowest BCUT2D eigenvalue weighted by molar-refractivity contribution is -0.0957. The summed E-state index contributed by atoms with van der Waals surface area (Å²) in [6, 6.07) is 4.87. The molecule has 108 valence electrons. The molecular weight excluding hydrogens is 406 g/mol. The van der Waals surface area contributed by atoms with Crippen molar-refractivity contribution in [2.24, 2.45) is 0 Å². The van der Waals surface area contributed by atoms with Gasteiger partial charge in [-0.1, -0.05) is 17.7 Å². The molecule has 0 spiro atoms. The Morgan fingerprint density at radius 1 is 1.35 bits per heavy atom. The molecule has 1 aromatic rings. The molecule has 0 saturated heterocycles. The molecular formula is C13H10ClF3INO. The van der Waals surface area contributed by atoms with Crippen LogP contribution in [0.1, 0.15) is 16.8 Å². The summed E-state index contributed by atoms with van der Waals surface area (Å²) in [6.07, 6.45) is -3.41. The lowest BCUT2D eigenvalue weighted by Gasteiger charge is -2.27. The third kappa shape index (κ3) is 3.46. The van der Waals surface area contributed by atoms with Gasteiger partial charge in [0.05, 0.1) is 5.02 Å². The maximum Gasteiger partial charge on any atom is 0.412 e. The molecule has 0 aliphatic carbocycles. The second kappa shape index (κ2) is 5.93. The molecule has 2 rings (SSSR count). The van der Waals surface area contributed by atoms with Crippen LogP contribution in [0.4, 0.5) is 13.2 Å². The first-order valence-electron chi connectivity index (χ1n) is 5.79. The van der Waals surface area contributed by atoms with E-state index in [0.717, 1.165) is 9.65 Å². The number of carbonyl (C=O) groups excluding carboxylic acids is 1. The van der Waals surface area contributed by atoms with Gasteiger partial charge in [-0.05, 0) is 47.2 Å². The smallest absolute Gasteiger partial charge is 0.335 e. The molecule has 2 nitrogen and oxygen atoms in total. The minimum absolute atomic E-state index is 0.0305. The molecule has 20 heavy (non-hydrogen) atoms. The molecule has 0 fully saturated rings. The van der Waals surface area contributed by atoms with Gasteiger partial charge < -0.3 is 4.90 Å². The number of benzene rings is 1. The number of rotatable bonds is 1. The van der Waals surface area contributed by atoms with E-state index in [-0.39, 0.29) is 25.4 Å². The number of alkyl halides is 3. The van der Waals surface area contributed by atoms with Gasteiger partial charge >= 0.3 is 6.18 Å². The Labute approximate surface area is 132 Å². The number of nitrogens with zero attached hydrogens (tertiary/aromatic N) is 1. The van der Waals surface area contributed by atoms with E-state index in [9.17, 15) is 18.0 Å². The van der Waals surface area contributed by atoms with Gasteiger partial charge in [-0.2, -0.15) is 13.2 Å². The van der Waals surface area contributed by atoms with Gasteiger partial charge in [-0.25, -0.2) is 0 Å². The number of hydrogen-bond donors (Lipinski definition) is 0. The predicted octanol–water partition coefficient (Wildman–Crippen LogP) is 4.28. The lowest BCUT2D eigenvalue weighted by atomic mass is 10.1. The molecule has 0 radical (unpaired) electrons. The monoisotopic (exact) mass is 415 g/mol. The molecule has 1 aliphatic heterocycles. The van der Waals surface area contributed by atoms with Gasteiger partial charge in [0.2, 0.25) is 0 Å². The minimum Gasteiger partial charge on any atom is -0.335 e. The van der Waals surface area contributed by atoms with Crippen molar-refractivity contribution >= 4 is 40.1 Å². The standard InChI is InChI=1S/C13H10ClF3INO/c14-10-7-8(1-2-11(10)18)12(20)19-5-3-9(4-6-19)13(15,16)17/h1-3,7H,4-6H2. The summed E-state index contributed by atoms with van der Waals surface area (Å²) < 4.78 is 38.3. The molecule has 0 saturated carbocycles. The van der Waals surface area contributed by atoms with Crippen molar-refractivity contribution in [3.63, 3.8) is 0 Å². The summed E-state index contributed by atoms with van der Waals surface area (Å²) in [4.78, 5) is 13.6. The van der Waals surface area contributed by atoms with Crippen molar-refractivity contribution in [3.05, 3.63) is 44.0 Å². The summed E-state index contributed by atoms with van der Waals surface area (Å²) >= 11 is 7.98. The fourth-order valence-corrected chi connectivity index (χ4v) is 2.44. The van der Waals surface area contributed by atoms with Crippen molar-refractivity contribution in [3.8, 4) is 0 Å². The van der Waals surface area contributed by atoms with Gasteiger partial charge in [0, 0.05) is 27.8 Å². The topological polar surface area (TPSA) is 20.3 Å². The van der Waals surface area contributed by atoms with E-state index in [1.807, 2.05) is 22.6 Å². The van der Waals surface area contributed by atoms with Crippen LogP contribution in [-0.4, -0.2) is 30.1 Å². The van der Waals surface area contributed by atoms with Crippen LogP contribution in [0.15, 0.2) is 29.8 Å². The fourth-order valence-electron chi connectivity index (χ4n) is 1.92. The maximum atomic E-state index is 12.5. The molecule has 1 aliphatic rings. The van der Waals surface area contributed by atoms with E-state index in [0.29, 0.717) is 10.6 Å². The lowest BCUT2D eigenvalue weighted by Crippen LogP contribution is -2.36. The highest BCUT2D eigenvalue weighted by Gasteiger charge is 2.35. The average molecular weight is 416 g/mol. The van der Waals surface area contributed by atoms with Gasteiger partial charge in [0.1, 0.15) is 0 Å². The van der Waals surface area contributed by atoms with Gasteiger partial charge in [-0.15, -0.1) is 0 Å². The van der Waals surface area contributed by atoms with Gasteiger partial charge in [0.15, 0.2) is 0 Å². The predicted molar refractivity (Wildman–Crippen MR) is 78.8 cm³/mol. The normalized spacial score (nSPS) is 16.1. The Balaban J connectivity index is 2.12. The summed E-state index contributed by atoms with van der Waals surface area (Å²) in [7, 11) is 0. The number of carbonyl (C=O) groups is 1. The van der Waals surface area contributed by atoms with Crippen LogP contribution in [-0.2, 0) is 0 Å². The molecule has 7 heteroatoms. The van der Waals surface area contributed by atoms with Crippen LogP contribution in [0.5, 0.6) is 0 Å². The Bertz CT molecular complexity index is 571. The minimum atomic E-state index is -4.30. The number of amides is 1. The van der Waals surface area contributed by atoms with Gasteiger partial charge in [0.25, 0.3) is 5.91 Å². The maximum absolute atomic E-state index is 12.5. The first-order valence-corrected chi connectivity index (χ1v) is 7.25. The van der Waals surface area contributed by atoms with Gasteiger partial charge in [-0.3, -0.25) is 4.79 Å². The largest absolute Gasteiger partial charge is 0.412 e. The number of halogens is 5. The van der Waals surface area contributed by atoms with Crippen molar-refractivity contribution < 1.29 is 18.0 Å². The highest BCUT2D eigenvalue weighted by Crippen LogP contribution is 2.30. The first-order chi connectivity index (χ1) is 9.29. The summed E-state index contributed by atoms with van der Waals surface area (Å²) in [5.74, 6) is -0.305. The van der Waals surface area contributed by atoms with E-state index < -0.39 is 11.7 Å². The highest BCUT2D eigenvalue weighted by molar-refractivity contribution is 14.1. The molecule has 0 atom stereocenters. The van der Waals surface area contributed by atoms with Crippen molar-refractivity contribution in [2.75, 3.05) is 13.1 Å². The average Bonchev–Trinajstić information content (AvgIpc) is 2.40. The summed E-state index contributed by atoms with van der Waals surface area (Å²) in [5, 5.41) is 0.458. The first kappa shape index (κ1) is 15.6. The van der Waals surface area contributed by atoms with E-state index >= 15 is 0 Å². The molecule has 1 heterocycles. The van der Waals surface area contributed by atoms with E-state index in [2.05, 4.69) is 0 Å². The van der Waals surface area contributed by atoms with Crippen molar-refractivity contribution in [2.45, 2.75) is 12.6 Å². The van der Waals surface area contributed by atoms with E-state index in [1.165, 1.54) is 11.0 Å². The van der Waals surface area contributed by atoms with Crippen molar-refractivity contribution in [1.82, 2.24) is 4.90 Å².